The molecule has 2 amide bonds. The van der Waals surface area contributed by atoms with Gasteiger partial charge in [-0.2, -0.15) is 13.2 Å². The number of alkyl halides is 3. The van der Waals surface area contributed by atoms with Crippen LogP contribution in [0.3, 0.4) is 0 Å². The van der Waals surface area contributed by atoms with Crippen LogP contribution < -0.4 is 0 Å². The van der Waals surface area contributed by atoms with Gasteiger partial charge in [-0.25, -0.2) is 0 Å². The molecule has 1 fully saturated rings. The first-order chi connectivity index (χ1) is 13.1. The number of hydrogen-bond acceptors (Lipinski definition) is 3. The van der Waals surface area contributed by atoms with Crippen LogP contribution in [0.4, 0.5) is 13.2 Å². The Labute approximate surface area is 165 Å². The molecule has 0 saturated carbocycles. The number of rotatable bonds is 2. The number of halogens is 3. The molecule has 4 nitrogen and oxygen atoms in total. The van der Waals surface area contributed by atoms with E-state index in [2.05, 4.69) is 0 Å². The Morgan fingerprint density at radius 2 is 1.89 bits per heavy atom. The van der Waals surface area contributed by atoms with Gasteiger partial charge in [-0.3, -0.25) is 9.59 Å². The first-order valence-corrected chi connectivity index (χ1v) is 10.2. The van der Waals surface area contributed by atoms with Crippen molar-refractivity contribution >= 4 is 23.6 Å². The van der Waals surface area contributed by atoms with Crippen molar-refractivity contribution in [1.82, 2.24) is 9.80 Å². The Morgan fingerprint density at radius 1 is 1.21 bits per heavy atom. The Kier molecular flexibility index (Phi) is 4.52. The van der Waals surface area contributed by atoms with Gasteiger partial charge in [-0.05, 0) is 29.9 Å². The van der Waals surface area contributed by atoms with Gasteiger partial charge in [0.2, 0.25) is 11.8 Å². The molecule has 28 heavy (non-hydrogen) atoms. The molecule has 0 aromatic heterocycles. The predicted molar refractivity (Wildman–Crippen MR) is 100 cm³/mol. The van der Waals surface area contributed by atoms with Crippen molar-refractivity contribution in [2.24, 2.45) is 5.92 Å². The smallest absolute Gasteiger partial charge is 0.332 e. The van der Waals surface area contributed by atoms with E-state index in [1.165, 1.54) is 11.9 Å². The molecule has 1 aromatic rings. The Morgan fingerprint density at radius 3 is 2.57 bits per heavy atom. The van der Waals surface area contributed by atoms with Crippen LogP contribution in [-0.4, -0.2) is 52.2 Å². The topological polar surface area (TPSA) is 40.6 Å². The quantitative estimate of drug-likeness (QED) is 0.751. The van der Waals surface area contributed by atoms with Crippen LogP contribution in [0.5, 0.6) is 0 Å². The molecule has 4 rings (SSSR count). The number of thioether (sulfide) groups is 1. The minimum atomic E-state index is -4.41. The van der Waals surface area contributed by atoms with E-state index in [4.69, 9.17) is 0 Å². The SMILES string of the molecule is CN1C(=O)C2(C)Cc3ccccc3CN2C(=O)C1CC1CSC=C1C(F)(F)F. The van der Waals surface area contributed by atoms with Crippen LogP contribution in [-0.2, 0) is 22.6 Å². The summed E-state index contributed by atoms with van der Waals surface area (Å²) in [6, 6.07) is 6.80. The third kappa shape index (κ3) is 2.93. The molecule has 0 aliphatic carbocycles. The number of amides is 2. The van der Waals surface area contributed by atoms with E-state index in [0.717, 1.165) is 28.3 Å². The number of hydrogen-bond donors (Lipinski definition) is 0. The van der Waals surface area contributed by atoms with Crippen LogP contribution in [0.1, 0.15) is 24.5 Å². The lowest BCUT2D eigenvalue weighted by molar-refractivity contribution is -0.171. The molecule has 3 unspecified atom stereocenters. The minimum Gasteiger partial charge on any atom is -0.332 e. The van der Waals surface area contributed by atoms with E-state index < -0.39 is 29.2 Å². The highest BCUT2D eigenvalue weighted by molar-refractivity contribution is 8.02. The van der Waals surface area contributed by atoms with E-state index in [-0.39, 0.29) is 24.0 Å². The standard InChI is InChI=1S/C20H21F3N2O2S/c1-19-8-12-5-3-4-6-13(12)9-25(19)17(26)16(24(2)18(19)27)7-14-10-28-11-15(14)20(21,22)23/h3-6,11,14,16H,7-10H2,1-2H3. The zero-order valence-corrected chi connectivity index (χ0v) is 16.4. The lowest BCUT2D eigenvalue weighted by atomic mass is 9.79. The molecule has 3 aliphatic rings. The van der Waals surface area contributed by atoms with Crippen LogP contribution in [0.25, 0.3) is 0 Å². The molecule has 0 radical (unpaired) electrons. The molecular formula is C20H21F3N2O2S. The molecule has 1 aromatic carbocycles. The highest BCUT2D eigenvalue weighted by atomic mass is 32.2. The average molecular weight is 410 g/mol. The maximum absolute atomic E-state index is 13.3. The minimum absolute atomic E-state index is 0.00631. The third-order valence-corrected chi connectivity index (χ3v) is 7.17. The monoisotopic (exact) mass is 410 g/mol. The highest BCUT2D eigenvalue weighted by Gasteiger charge is 2.55. The van der Waals surface area contributed by atoms with Crippen molar-refractivity contribution in [3.05, 3.63) is 46.4 Å². The molecule has 3 atom stereocenters. The lowest BCUT2D eigenvalue weighted by Gasteiger charge is -2.52. The molecule has 8 heteroatoms. The lowest BCUT2D eigenvalue weighted by Crippen LogP contribution is -2.71. The van der Waals surface area contributed by atoms with E-state index in [1.54, 1.807) is 11.8 Å². The number of carbonyl (C=O) groups is 2. The van der Waals surface area contributed by atoms with E-state index >= 15 is 0 Å². The summed E-state index contributed by atoms with van der Waals surface area (Å²) < 4.78 is 39.8. The van der Waals surface area contributed by atoms with Gasteiger partial charge in [-0.1, -0.05) is 24.3 Å². The Bertz CT molecular complexity index is 869. The zero-order valence-electron chi connectivity index (χ0n) is 15.6. The van der Waals surface area contributed by atoms with Crippen molar-refractivity contribution in [2.75, 3.05) is 12.8 Å². The van der Waals surface area contributed by atoms with Crippen molar-refractivity contribution in [3.8, 4) is 0 Å². The number of fused-ring (bicyclic) bond motifs is 2. The molecule has 150 valence electrons. The Hall–Kier alpha value is -1.96. The number of piperazine rings is 1. The van der Waals surface area contributed by atoms with Gasteiger partial charge in [0.1, 0.15) is 11.6 Å². The van der Waals surface area contributed by atoms with Gasteiger partial charge in [0, 0.05) is 37.3 Å². The van der Waals surface area contributed by atoms with Gasteiger partial charge in [0.25, 0.3) is 0 Å². The Balaban J connectivity index is 1.63. The summed E-state index contributed by atoms with van der Waals surface area (Å²) in [6.07, 6.45) is -4.00. The number of benzene rings is 1. The van der Waals surface area contributed by atoms with Gasteiger partial charge < -0.3 is 9.80 Å². The van der Waals surface area contributed by atoms with Crippen molar-refractivity contribution in [2.45, 2.75) is 44.1 Å². The van der Waals surface area contributed by atoms with Gasteiger partial charge >= 0.3 is 6.18 Å². The van der Waals surface area contributed by atoms with Crippen LogP contribution >= 0.6 is 11.8 Å². The van der Waals surface area contributed by atoms with Crippen LogP contribution in [0.2, 0.25) is 0 Å². The summed E-state index contributed by atoms with van der Waals surface area (Å²) in [5, 5.41) is 1.14. The van der Waals surface area contributed by atoms with Gasteiger partial charge in [0.15, 0.2) is 0 Å². The maximum atomic E-state index is 13.3. The summed E-state index contributed by atoms with van der Waals surface area (Å²) in [7, 11) is 1.53. The summed E-state index contributed by atoms with van der Waals surface area (Å²) in [5.74, 6) is -0.983. The second-order valence-electron chi connectivity index (χ2n) is 7.91. The van der Waals surface area contributed by atoms with Crippen LogP contribution in [0, 0.1) is 5.92 Å². The van der Waals surface area contributed by atoms with Crippen molar-refractivity contribution in [1.29, 1.82) is 0 Å². The highest BCUT2D eigenvalue weighted by Crippen LogP contribution is 2.44. The first kappa shape index (κ1) is 19.4. The maximum Gasteiger partial charge on any atom is 0.413 e. The largest absolute Gasteiger partial charge is 0.413 e. The summed E-state index contributed by atoms with van der Waals surface area (Å²) in [5.41, 5.74) is 0.424. The number of likely N-dealkylation sites (N-methyl/N-ethyl adjacent to an activating group) is 1. The second kappa shape index (κ2) is 6.54. The fourth-order valence-electron chi connectivity index (χ4n) is 4.54. The van der Waals surface area contributed by atoms with E-state index in [1.807, 2.05) is 24.3 Å². The molecule has 3 aliphatic heterocycles. The van der Waals surface area contributed by atoms with Crippen molar-refractivity contribution in [3.63, 3.8) is 0 Å². The summed E-state index contributed by atoms with van der Waals surface area (Å²) in [6.45, 7) is 2.06. The fourth-order valence-corrected chi connectivity index (χ4v) is 5.69. The molecule has 0 bridgehead atoms. The third-order valence-electron chi connectivity index (χ3n) is 6.16. The predicted octanol–water partition coefficient (Wildman–Crippen LogP) is 3.37. The molecule has 3 heterocycles. The van der Waals surface area contributed by atoms with Crippen LogP contribution in [0.15, 0.2) is 35.2 Å². The summed E-state index contributed by atoms with van der Waals surface area (Å²) >= 11 is 1.11. The summed E-state index contributed by atoms with van der Waals surface area (Å²) in [4.78, 5) is 29.4. The second-order valence-corrected chi connectivity index (χ2v) is 8.81. The van der Waals surface area contributed by atoms with Gasteiger partial charge in [-0.15, -0.1) is 11.8 Å². The average Bonchev–Trinajstić information content (AvgIpc) is 3.11. The molecular weight excluding hydrogens is 389 g/mol. The zero-order chi connectivity index (χ0) is 20.3. The normalized spacial score (nSPS) is 30.2. The van der Waals surface area contributed by atoms with Gasteiger partial charge in [0.05, 0.1) is 0 Å². The number of carbonyl (C=O) groups excluding carboxylic acids is 2. The molecule has 0 spiro atoms. The van der Waals surface area contributed by atoms with E-state index in [0.29, 0.717) is 13.0 Å². The first-order valence-electron chi connectivity index (χ1n) is 9.17. The van der Waals surface area contributed by atoms with E-state index in [9.17, 15) is 22.8 Å². The number of nitrogens with zero attached hydrogens (tertiary/aromatic N) is 2. The molecule has 0 N–H and O–H groups in total. The van der Waals surface area contributed by atoms with Crippen molar-refractivity contribution < 1.29 is 22.8 Å². The number of allylic oxidation sites excluding steroid dienone is 1. The molecule has 1 saturated heterocycles. The fraction of sp³-hybridized carbons (Fsp3) is 0.500.